The number of nitrogens with zero attached hydrogens (tertiary/aromatic N) is 2. The van der Waals surface area contributed by atoms with Gasteiger partial charge in [-0.05, 0) is 37.5 Å². The molecule has 1 fully saturated rings. The van der Waals surface area contributed by atoms with Gasteiger partial charge < -0.3 is 5.32 Å². The Labute approximate surface area is 126 Å². The third-order valence-electron chi connectivity index (χ3n) is 3.43. The van der Waals surface area contributed by atoms with Crippen LogP contribution in [0.3, 0.4) is 0 Å². The first kappa shape index (κ1) is 15.6. The Hall–Kier alpha value is -2.77. The Balaban J connectivity index is 2.01. The van der Waals surface area contributed by atoms with Gasteiger partial charge in [-0.15, -0.1) is 0 Å². The maximum Gasteiger partial charge on any atom is 0.269 e. The van der Waals surface area contributed by atoms with E-state index in [-0.39, 0.29) is 11.6 Å². The van der Waals surface area contributed by atoms with Gasteiger partial charge in [-0.1, -0.05) is 0 Å². The number of non-ortho nitro benzene ring substituents is 1. The highest BCUT2D eigenvalue weighted by Crippen LogP contribution is 2.13. The number of benzene rings is 1. The summed E-state index contributed by atoms with van der Waals surface area (Å²) in [5, 5.41) is 17.2. The predicted molar refractivity (Wildman–Crippen MR) is 79.2 cm³/mol. The highest BCUT2D eigenvalue weighted by Gasteiger charge is 2.28. The van der Waals surface area contributed by atoms with E-state index in [1.54, 1.807) is 19.1 Å². The second kappa shape index (κ2) is 6.79. The van der Waals surface area contributed by atoms with E-state index in [0.29, 0.717) is 24.2 Å². The molecule has 8 heteroatoms. The molecular formula is C14H16N4O4. The summed E-state index contributed by atoms with van der Waals surface area (Å²) in [6.45, 7) is 2.26. The molecule has 22 heavy (non-hydrogen) atoms. The van der Waals surface area contributed by atoms with Crippen LogP contribution in [0.15, 0.2) is 29.4 Å². The highest BCUT2D eigenvalue weighted by atomic mass is 16.6. The standard InChI is InChI=1S/C14H16N4O4/c1-9(10-4-6-11(7-5-10)18(21)22)16-17-14(20)12-3-2-8-15-13(12)19/h4-7,12H,2-3,8H2,1H3,(H,15,19)(H,17,20)/b16-9-/t12-/m0/s1. The van der Waals surface area contributed by atoms with Crippen LogP contribution in [0.1, 0.15) is 25.3 Å². The third kappa shape index (κ3) is 3.66. The number of amides is 2. The van der Waals surface area contributed by atoms with Crippen molar-refractivity contribution < 1.29 is 14.5 Å². The lowest BCUT2D eigenvalue weighted by Crippen LogP contribution is -2.44. The molecule has 116 valence electrons. The summed E-state index contributed by atoms with van der Waals surface area (Å²) in [4.78, 5) is 33.6. The maximum atomic E-state index is 11.9. The molecule has 1 saturated heterocycles. The summed E-state index contributed by atoms with van der Waals surface area (Å²) in [6.07, 6.45) is 1.26. The maximum absolute atomic E-state index is 11.9. The van der Waals surface area contributed by atoms with Gasteiger partial charge in [-0.2, -0.15) is 5.10 Å². The first-order valence-corrected chi connectivity index (χ1v) is 6.85. The number of hydrogen-bond donors (Lipinski definition) is 2. The molecule has 2 amide bonds. The van der Waals surface area contributed by atoms with Gasteiger partial charge in [0.15, 0.2) is 0 Å². The molecule has 1 heterocycles. The monoisotopic (exact) mass is 304 g/mol. The van der Waals surface area contributed by atoms with Crippen molar-refractivity contribution in [2.24, 2.45) is 11.0 Å². The second-order valence-corrected chi connectivity index (χ2v) is 4.96. The van der Waals surface area contributed by atoms with E-state index in [4.69, 9.17) is 0 Å². The largest absolute Gasteiger partial charge is 0.355 e. The first-order chi connectivity index (χ1) is 10.5. The molecule has 0 aromatic heterocycles. The molecule has 1 aliphatic rings. The Morgan fingerprint density at radius 3 is 2.68 bits per heavy atom. The number of piperidine rings is 1. The molecular weight excluding hydrogens is 288 g/mol. The van der Waals surface area contributed by atoms with E-state index in [1.165, 1.54) is 12.1 Å². The van der Waals surface area contributed by atoms with Crippen molar-refractivity contribution in [3.63, 3.8) is 0 Å². The van der Waals surface area contributed by atoms with Gasteiger partial charge in [0, 0.05) is 18.7 Å². The fourth-order valence-electron chi connectivity index (χ4n) is 2.13. The number of rotatable bonds is 4. The molecule has 0 aliphatic carbocycles. The lowest BCUT2D eigenvalue weighted by atomic mass is 9.98. The van der Waals surface area contributed by atoms with Gasteiger partial charge in [-0.25, -0.2) is 5.43 Å². The fraction of sp³-hybridized carbons (Fsp3) is 0.357. The average molecular weight is 304 g/mol. The van der Waals surface area contributed by atoms with Crippen LogP contribution in [0, 0.1) is 16.0 Å². The summed E-state index contributed by atoms with van der Waals surface area (Å²) in [5.41, 5.74) is 3.51. The Morgan fingerprint density at radius 1 is 1.41 bits per heavy atom. The van der Waals surface area contributed by atoms with Crippen LogP contribution in [-0.4, -0.2) is 29.0 Å². The van der Waals surface area contributed by atoms with Crippen molar-refractivity contribution in [2.45, 2.75) is 19.8 Å². The molecule has 0 bridgehead atoms. The number of carbonyl (C=O) groups is 2. The van der Waals surface area contributed by atoms with Gasteiger partial charge in [0.1, 0.15) is 5.92 Å². The molecule has 1 aliphatic heterocycles. The van der Waals surface area contributed by atoms with Crippen molar-refractivity contribution in [3.05, 3.63) is 39.9 Å². The smallest absolute Gasteiger partial charge is 0.269 e. The van der Waals surface area contributed by atoms with Crippen molar-refractivity contribution in [1.29, 1.82) is 0 Å². The van der Waals surface area contributed by atoms with Crippen LogP contribution in [0.5, 0.6) is 0 Å². The number of nitro groups is 1. The van der Waals surface area contributed by atoms with Crippen molar-refractivity contribution in [3.8, 4) is 0 Å². The van der Waals surface area contributed by atoms with Crippen LogP contribution in [0.25, 0.3) is 0 Å². The zero-order chi connectivity index (χ0) is 16.1. The number of hydrazone groups is 1. The number of carbonyl (C=O) groups excluding carboxylic acids is 2. The van der Waals surface area contributed by atoms with Crippen LogP contribution in [0.4, 0.5) is 5.69 Å². The van der Waals surface area contributed by atoms with E-state index in [1.807, 2.05) is 0 Å². The first-order valence-electron chi connectivity index (χ1n) is 6.85. The van der Waals surface area contributed by atoms with Crippen LogP contribution >= 0.6 is 0 Å². The number of nitrogens with one attached hydrogen (secondary N) is 2. The second-order valence-electron chi connectivity index (χ2n) is 4.96. The summed E-state index contributed by atoms with van der Waals surface area (Å²) in [7, 11) is 0. The molecule has 1 atom stereocenters. The molecule has 8 nitrogen and oxygen atoms in total. The zero-order valence-electron chi connectivity index (χ0n) is 12.0. The average Bonchev–Trinajstić information content (AvgIpc) is 2.52. The minimum Gasteiger partial charge on any atom is -0.355 e. The lowest BCUT2D eigenvalue weighted by molar-refractivity contribution is -0.384. The number of hydrogen-bond acceptors (Lipinski definition) is 5. The zero-order valence-corrected chi connectivity index (χ0v) is 12.0. The third-order valence-corrected chi connectivity index (χ3v) is 3.43. The summed E-state index contributed by atoms with van der Waals surface area (Å²) >= 11 is 0. The van der Waals surface area contributed by atoms with Crippen molar-refractivity contribution in [1.82, 2.24) is 10.7 Å². The lowest BCUT2D eigenvalue weighted by Gasteiger charge is -2.19. The van der Waals surface area contributed by atoms with E-state index < -0.39 is 16.7 Å². The van der Waals surface area contributed by atoms with Crippen molar-refractivity contribution >= 4 is 23.2 Å². The minimum atomic E-state index is -0.720. The van der Waals surface area contributed by atoms with E-state index in [9.17, 15) is 19.7 Å². The molecule has 1 aromatic rings. The number of nitro benzene ring substituents is 1. The Morgan fingerprint density at radius 2 is 2.09 bits per heavy atom. The molecule has 0 radical (unpaired) electrons. The fourth-order valence-corrected chi connectivity index (χ4v) is 2.13. The summed E-state index contributed by atoms with van der Waals surface area (Å²) in [6, 6.07) is 5.84. The Bertz CT molecular complexity index is 624. The van der Waals surface area contributed by atoms with E-state index >= 15 is 0 Å². The molecule has 0 saturated carbocycles. The summed E-state index contributed by atoms with van der Waals surface area (Å²) in [5.74, 6) is -1.45. The molecule has 2 rings (SSSR count). The SMILES string of the molecule is C/C(=N/NC(=O)[C@H]1CCCNC1=O)c1ccc([N+](=O)[O-])cc1. The molecule has 2 N–H and O–H groups in total. The molecule has 0 unspecified atom stereocenters. The van der Waals surface area contributed by atoms with Crippen LogP contribution in [0.2, 0.25) is 0 Å². The van der Waals surface area contributed by atoms with Crippen LogP contribution in [-0.2, 0) is 9.59 Å². The minimum absolute atomic E-state index is 0.0144. The molecule has 0 spiro atoms. The Kier molecular flexibility index (Phi) is 4.82. The van der Waals surface area contributed by atoms with Gasteiger partial charge in [-0.3, -0.25) is 19.7 Å². The van der Waals surface area contributed by atoms with Gasteiger partial charge in [0.2, 0.25) is 5.91 Å². The summed E-state index contributed by atoms with van der Waals surface area (Å²) < 4.78 is 0. The highest BCUT2D eigenvalue weighted by molar-refractivity contribution is 6.02. The van der Waals surface area contributed by atoms with Gasteiger partial charge >= 0.3 is 0 Å². The van der Waals surface area contributed by atoms with Gasteiger partial charge in [0.25, 0.3) is 11.6 Å². The normalized spacial score (nSPS) is 18.5. The molecule has 1 aromatic carbocycles. The van der Waals surface area contributed by atoms with Crippen LogP contribution < -0.4 is 10.7 Å². The van der Waals surface area contributed by atoms with Crippen molar-refractivity contribution in [2.75, 3.05) is 6.54 Å². The van der Waals surface area contributed by atoms with E-state index in [0.717, 1.165) is 6.42 Å². The predicted octanol–water partition coefficient (Wildman–Crippen LogP) is 0.961. The quantitative estimate of drug-likeness (QED) is 0.373. The van der Waals surface area contributed by atoms with E-state index in [2.05, 4.69) is 15.8 Å². The van der Waals surface area contributed by atoms with Gasteiger partial charge in [0.05, 0.1) is 10.6 Å². The topological polar surface area (TPSA) is 114 Å².